The van der Waals surface area contributed by atoms with Gasteiger partial charge in [0.1, 0.15) is 5.70 Å². The number of hydrogen-bond acceptors (Lipinski definition) is 7. The number of amides is 1. The Balaban J connectivity index is 2.43. The molecule has 25 heavy (non-hydrogen) atoms. The van der Waals surface area contributed by atoms with Gasteiger partial charge >= 0.3 is 5.97 Å². The first-order chi connectivity index (χ1) is 11.8. The van der Waals surface area contributed by atoms with Crippen molar-refractivity contribution in [1.82, 2.24) is 4.90 Å². The van der Waals surface area contributed by atoms with E-state index in [1.807, 2.05) is 0 Å². The molecule has 0 saturated heterocycles. The van der Waals surface area contributed by atoms with E-state index in [-0.39, 0.29) is 36.7 Å². The number of ether oxygens (including phenoxy) is 1. The van der Waals surface area contributed by atoms with Gasteiger partial charge in [0.05, 0.1) is 36.4 Å². The highest BCUT2D eigenvalue weighted by atomic mass is 79.9. The first-order valence-corrected chi connectivity index (χ1v) is 8.02. The normalized spacial score (nSPS) is 14.1. The molecular formula is C15H16BrN3O6. The fourth-order valence-corrected chi connectivity index (χ4v) is 3.11. The molecule has 0 radical (unpaired) electrons. The highest BCUT2D eigenvalue weighted by Crippen LogP contribution is 2.33. The second-order valence-corrected chi connectivity index (χ2v) is 6.15. The van der Waals surface area contributed by atoms with Crippen molar-refractivity contribution in [3.63, 3.8) is 0 Å². The zero-order chi connectivity index (χ0) is 18.7. The summed E-state index contributed by atoms with van der Waals surface area (Å²) in [7, 11) is 1.21. The Kier molecular flexibility index (Phi) is 5.75. The molecule has 1 aromatic carbocycles. The summed E-state index contributed by atoms with van der Waals surface area (Å²) in [5.41, 5.74) is 1.01. The quantitative estimate of drug-likeness (QED) is 0.409. The topological polar surface area (TPSA) is 122 Å². The molecule has 0 atom stereocenters. The van der Waals surface area contributed by atoms with Crippen molar-refractivity contribution in [2.45, 2.75) is 6.92 Å². The van der Waals surface area contributed by atoms with E-state index in [1.165, 1.54) is 24.1 Å². The van der Waals surface area contributed by atoms with Crippen LogP contribution in [0.1, 0.15) is 5.56 Å². The first-order valence-electron chi connectivity index (χ1n) is 7.23. The molecule has 2 rings (SSSR count). The summed E-state index contributed by atoms with van der Waals surface area (Å²) in [5, 5.41) is 22.9. The van der Waals surface area contributed by atoms with Crippen molar-refractivity contribution >= 4 is 39.2 Å². The maximum atomic E-state index is 12.5. The van der Waals surface area contributed by atoms with Crippen molar-refractivity contribution in [1.29, 1.82) is 0 Å². The Morgan fingerprint density at radius 1 is 1.52 bits per heavy atom. The third-order valence-corrected chi connectivity index (χ3v) is 4.31. The summed E-state index contributed by atoms with van der Waals surface area (Å²) in [4.78, 5) is 36.2. The number of nitrogens with one attached hydrogen (secondary N) is 1. The number of nitro groups is 1. The average Bonchev–Trinajstić information content (AvgIpc) is 2.86. The molecule has 1 aliphatic rings. The number of carbonyl (C=O) groups excluding carboxylic acids is 2. The Morgan fingerprint density at radius 3 is 2.72 bits per heavy atom. The van der Waals surface area contributed by atoms with Crippen molar-refractivity contribution in [3.8, 4) is 0 Å². The number of benzene rings is 1. The molecule has 1 aromatic rings. The van der Waals surface area contributed by atoms with Crippen molar-refractivity contribution in [2.24, 2.45) is 0 Å². The summed E-state index contributed by atoms with van der Waals surface area (Å²) < 4.78 is 5.09. The van der Waals surface area contributed by atoms with Gasteiger partial charge in [-0.1, -0.05) is 0 Å². The minimum atomic E-state index is -0.660. The van der Waals surface area contributed by atoms with Crippen LogP contribution in [0.5, 0.6) is 0 Å². The van der Waals surface area contributed by atoms with Gasteiger partial charge in [0, 0.05) is 23.2 Å². The highest BCUT2D eigenvalue weighted by molar-refractivity contribution is 9.10. The van der Waals surface area contributed by atoms with Crippen LogP contribution in [-0.2, 0) is 14.3 Å². The molecular weight excluding hydrogens is 398 g/mol. The number of aryl methyl sites for hydroxylation is 1. The zero-order valence-corrected chi connectivity index (χ0v) is 15.1. The van der Waals surface area contributed by atoms with E-state index in [2.05, 4.69) is 21.2 Å². The van der Waals surface area contributed by atoms with Crippen LogP contribution in [0.4, 0.5) is 11.4 Å². The number of halogens is 1. The Morgan fingerprint density at radius 2 is 2.20 bits per heavy atom. The van der Waals surface area contributed by atoms with E-state index in [1.54, 1.807) is 6.92 Å². The Bertz CT molecular complexity index is 754. The molecule has 1 aliphatic heterocycles. The number of rotatable bonds is 6. The molecule has 0 saturated carbocycles. The minimum absolute atomic E-state index is 0.0120. The van der Waals surface area contributed by atoms with Gasteiger partial charge in [-0.3, -0.25) is 14.9 Å². The number of nitrogens with zero attached hydrogens (tertiary/aromatic N) is 2. The van der Waals surface area contributed by atoms with E-state index in [0.29, 0.717) is 15.7 Å². The predicted octanol–water partition coefficient (Wildman–Crippen LogP) is 1.34. The highest BCUT2D eigenvalue weighted by Gasteiger charge is 2.35. The predicted molar refractivity (Wildman–Crippen MR) is 91.9 cm³/mol. The van der Waals surface area contributed by atoms with Gasteiger partial charge in [0.15, 0.2) is 0 Å². The number of β-amino-alcohol motifs (C(OH)–C–C–N with tert-alkyl or cyclic N) is 1. The van der Waals surface area contributed by atoms with E-state index in [0.717, 1.165) is 0 Å². The smallest absolute Gasteiger partial charge is 0.337 e. The molecule has 0 bridgehead atoms. The second kappa shape index (κ2) is 7.62. The van der Waals surface area contributed by atoms with Crippen molar-refractivity contribution in [2.75, 3.05) is 32.1 Å². The minimum Gasteiger partial charge on any atom is -0.466 e. The second-order valence-electron chi connectivity index (χ2n) is 5.30. The molecule has 0 unspecified atom stereocenters. The molecule has 0 aromatic heterocycles. The number of methoxy groups -OCH3 is 1. The first kappa shape index (κ1) is 18.9. The summed E-state index contributed by atoms with van der Waals surface area (Å²) in [6.07, 6.45) is 0. The number of aliphatic hydroxyl groups is 1. The lowest BCUT2D eigenvalue weighted by Crippen LogP contribution is -2.31. The lowest BCUT2D eigenvalue weighted by molar-refractivity contribution is -0.385. The van der Waals surface area contributed by atoms with E-state index in [4.69, 9.17) is 9.84 Å². The van der Waals surface area contributed by atoms with Crippen LogP contribution in [-0.4, -0.2) is 53.6 Å². The number of esters is 1. The molecule has 1 heterocycles. The lowest BCUT2D eigenvalue weighted by atomic mass is 10.1. The number of non-ortho nitro benzene ring substituents is 1. The number of hydrogen-bond donors (Lipinski definition) is 2. The number of anilines is 1. The molecule has 9 nitrogen and oxygen atoms in total. The van der Waals surface area contributed by atoms with Crippen LogP contribution in [0.3, 0.4) is 0 Å². The fourth-order valence-electron chi connectivity index (χ4n) is 2.46. The Labute approximate surface area is 151 Å². The fraction of sp³-hybridized carbons (Fsp3) is 0.333. The summed E-state index contributed by atoms with van der Waals surface area (Å²) in [6, 6.07) is 2.66. The zero-order valence-electron chi connectivity index (χ0n) is 13.5. The summed E-state index contributed by atoms with van der Waals surface area (Å²) >= 11 is 3.24. The standard InChI is InChI=1S/C15H16BrN3O6/c1-8-5-9(19(23)24)6-11(16)12(8)17-13-10(15(22)25-2)7-18(3-4-20)14(13)21/h5-6,17,20H,3-4,7H2,1-2H3. The largest absolute Gasteiger partial charge is 0.466 e. The SMILES string of the molecule is COC(=O)C1=C(Nc2c(C)cc([N+](=O)[O-])cc2Br)C(=O)N(CCO)C1. The van der Waals surface area contributed by atoms with Crippen LogP contribution in [0.15, 0.2) is 27.9 Å². The monoisotopic (exact) mass is 413 g/mol. The molecule has 0 spiro atoms. The van der Waals surface area contributed by atoms with Crippen LogP contribution in [0, 0.1) is 17.0 Å². The third-order valence-electron chi connectivity index (χ3n) is 3.69. The summed E-state index contributed by atoms with van der Waals surface area (Å²) in [5.74, 6) is -1.12. The van der Waals surface area contributed by atoms with Gasteiger partial charge in [-0.05, 0) is 28.4 Å². The van der Waals surface area contributed by atoms with Crippen LogP contribution < -0.4 is 5.32 Å². The Hall–Kier alpha value is -2.46. The van der Waals surface area contributed by atoms with Crippen molar-refractivity contribution in [3.05, 3.63) is 43.6 Å². The van der Waals surface area contributed by atoms with Gasteiger partial charge in [-0.15, -0.1) is 0 Å². The van der Waals surface area contributed by atoms with Crippen LogP contribution >= 0.6 is 15.9 Å². The molecule has 0 fully saturated rings. The molecule has 2 N–H and O–H groups in total. The van der Waals surface area contributed by atoms with Gasteiger partial charge in [0.25, 0.3) is 11.6 Å². The molecule has 0 aliphatic carbocycles. The van der Waals surface area contributed by atoms with Crippen LogP contribution in [0.25, 0.3) is 0 Å². The van der Waals surface area contributed by atoms with Gasteiger partial charge in [-0.25, -0.2) is 4.79 Å². The maximum Gasteiger partial charge on any atom is 0.337 e. The lowest BCUT2D eigenvalue weighted by Gasteiger charge is -2.16. The van der Waals surface area contributed by atoms with E-state index < -0.39 is 16.8 Å². The van der Waals surface area contributed by atoms with Crippen LogP contribution in [0.2, 0.25) is 0 Å². The number of carbonyl (C=O) groups is 2. The van der Waals surface area contributed by atoms with Gasteiger partial charge in [0.2, 0.25) is 0 Å². The third kappa shape index (κ3) is 3.80. The van der Waals surface area contributed by atoms with E-state index >= 15 is 0 Å². The molecule has 1 amide bonds. The average molecular weight is 414 g/mol. The van der Waals surface area contributed by atoms with E-state index in [9.17, 15) is 19.7 Å². The number of aliphatic hydroxyl groups excluding tert-OH is 1. The molecule has 134 valence electrons. The molecule has 10 heteroatoms. The summed E-state index contributed by atoms with van der Waals surface area (Å²) in [6.45, 7) is 1.49. The van der Waals surface area contributed by atoms with Crippen molar-refractivity contribution < 1.29 is 24.4 Å². The van der Waals surface area contributed by atoms with Gasteiger partial charge in [-0.2, -0.15) is 0 Å². The number of nitro benzene ring substituents is 1. The van der Waals surface area contributed by atoms with Gasteiger partial charge < -0.3 is 20.1 Å². The maximum absolute atomic E-state index is 12.5.